The van der Waals surface area contributed by atoms with Crippen LogP contribution in [0.5, 0.6) is 11.5 Å². The number of ether oxygens (including phenoxy) is 2. The van der Waals surface area contributed by atoms with Gasteiger partial charge < -0.3 is 19.7 Å². The van der Waals surface area contributed by atoms with Crippen molar-refractivity contribution in [2.24, 2.45) is 0 Å². The molecule has 4 nitrogen and oxygen atoms in total. The van der Waals surface area contributed by atoms with Crippen molar-refractivity contribution in [2.75, 3.05) is 0 Å². The molecule has 1 aromatic carbocycles. The highest BCUT2D eigenvalue weighted by atomic mass is 16.5. The van der Waals surface area contributed by atoms with Gasteiger partial charge in [0, 0.05) is 19.3 Å². The molecule has 2 aliphatic rings. The largest absolute Gasteiger partial charge is 0.512 e. The van der Waals surface area contributed by atoms with E-state index in [4.69, 9.17) is 9.47 Å². The fourth-order valence-corrected chi connectivity index (χ4v) is 2.55. The second-order valence-electron chi connectivity index (χ2n) is 5.75. The number of phenolic OH excluding ortho intramolecular Hbond substituents is 1. The maximum absolute atomic E-state index is 9.37. The van der Waals surface area contributed by atoms with Crippen LogP contribution in [0, 0.1) is 0 Å². The lowest BCUT2D eigenvalue weighted by atomic mass is 10.0. The molecular weight excluding hydrogens is 292 g/mol. The number of allylic oxidation sites excluding steroid dienone is 5. The van der Waals surface area contributed by atoms with Gasteiger partial charge in [0.15, 0.2) is 0 Å². The molecule has 0 saturated carbocycles. The Bertz CT molecular complexity index is 693. The molecule has 0 amide bonds. The van der Waals surface area contributed by atoms with E-state index in [-0.39, 0.29) is 11.9 Å². The predicted molar refractivity (Wildman–Crippen MR) is 88.1 cm³/mol. The average molecular weight is 312 g/mol. The van der Waals surface area contributed by atoms with Crippen molar-refractivity contribution in [3.05, 3.63) is 71.4 Å². The van der Waals surface area contributed by atoms with Crippen LogP contribution in [-0.2, 0) is 4.74 Å². The van der Waals surface area contributed by atoms with Gasteiger partial charge in [-0.25, -0.2) is 0 Å². The van der Waals surface area contributed by atoms with Gasteiger partial charge in [-0.1, -0.05) is 0 Å². The van der Waals surface area contributed by atoms with Crippen molar-refractivity contribution in [3.8, 4) is 11.5 Å². The van der Waals surface area contributed by atoms with Gasteiger partial charge in [0.05, 0.1) is 11.5 Å². The summed E-state index contributed by atoms with van der Waals surface area (Å²) in [6, 6.07) is 6.67. The zero-order valence-corrected chi connectivity index (χ0v) is 13.0. The number of hydrogen-bond donors (Lipinski definition) is 2. The maximum Gasteiger partial charge on any atom is 0.127 e. The molecule has 0 aliphatic heterocycles. The first-order chi connectivity index (χ1) is 11.1. The van der Waals surface area contributed by atoms with Crippen LogP contribution in [0.3, 0.4) is 0 Å². The molecule has 1 atom stereocenters. The summed E-state index contributed by atoms with van der Waals surface area (Å²) in [5.74, 6) is 3.02. The fourth-order valence-electron chi connectivity index (χ4n) is 2.55. The zero-order chi connectivity index (χ0) is 16.2. The molecule has 3 rings (SSSR count). The van der Waals surface area contributed by atoms with E-state index in [0.717, 1.165) is 29.9 Å². The summed E-state index contributed by atoms with van der Waals surface area (Å²) < 4.78 is 11.8. The van der Waals surface area contributed by atoms with E-state index >= 15 is 0 Å². The van der Waals surface area contributed by atoms with Crippen LogP contribution in [0.15, 0.2) is 71.4 Å². The van der Waals surface area contributed by atoms with Crippen LogP contribution < -0.4 is 4.74 Å². The smallest absolute Gasteiger partial charge is 0.127 e. The van der Waals surface area contributed by atoms with E-state index in [1.807, 2.05) is 25.2 Å². The van der Waals surface area contributed by atoms with Crippen molar-refractivity contribution in [1.82, 2.24) is 0 Å². The van der Waals surface area contributed by atoms with E-state index in [2.05, 4.69) is 0 Å². The Labute approximate surface area is 135 Å². The summed E-state index contributed by atoms with van der Waals surface area (Å²) in [4.78, 5) is 0. The highest BCUT2D eigenvalue weighted by molar-refractivity contribution is 5.35. The number of aliphatic hydroxyl groups excluding tert-OH is 1. The Balaban J connectivity index is 1.61. The summed E-state index contributed by atoms with van der Waals surface area (Å²) in [6.07, 6.45) is 9.54. The van der Waals surface area contributed by atoms with Crippen LogP contribution in [0.1, 0.15) is 26.2 Å². The first-order valence-electron chi connectivity index (χ1n) is 7.70. The molecule has 1 aromatic rings. The molecule has 0 radical (unpaired) electrons. The second kappa shape index (κ2) is 6.65. The third-order valence-corrected chi connectivity index (χ3v) is 3.85. The lowest BCUT2D eigenvalue weighted by Crippen LogP contribution is -2.16. The average Bonchev–Trinajstić information content (AvgIpc) is 2.54. The topological polar surface area (TPSA) is 58.9 Å². The minimum Gasteiger partial charge on any atom is -0.512 e. The lowest BCUT2D eigenvalue weighted by molar-refractivity contribution is 0.140. The Kier molecular flexibility index (Phi) is 4.42. The second-order valence-corrected chi connectivity index (χ2v) is 5.75. The Morgan fingerprint density at radius 2 is 1.83 bits per heavy atom. The third kappa shape index (κ3) is 3.97. The van der Waals surface area contributed by atoms with Crippen LogP contribution in [0.2, 0.25) is 0 Å². The highest BCUT2D eigenvalue weighted by Gasteiger charge is 2.18. The molecular formula is C19H20O4. The van der Waals surface area contributed by atoms with Crippen molar-refractivity contribution in [1.29, 1.82) is 0 Å². The summed E-state index contributed by atoms with van der Waals surface area (Å²) in [5.41, 5.74) is 1.11. The number of aromatic hydroxyl groups is 1. The highest BCUT2D eigenvalue weighted by Crippen LogP contribution is 2.28. The first-order valence-corrected chi connectivity index (χ1v) is 7.70. The van der Waals surface area contributed by atoms with Gasteiger partial charge in [0.2, 0.25) is 0 Å². The Morgan fingerprint density at radius 3 is 2.48 bits per heavy atom. The Hall–Kier alpha value is -2.62. The quantitative estimate of drug-likeness (QED) is 0.859. The third-order valence-electron chi connectivity index (χ3n) is 3.85. The molecule has 2 aliphatic carbocycles. The van der Waals surface area contributed by atoms with Crippen LogP contribution >= 0.6 is 0 Å². The standard InChI is InChI=1S/C19H20O4/c1-13-12-18(22-16-6-2-14(20)3-7-16)10-11-19(13)23-17-8-4-15(21)5-9-17/h2,4-6,8-11,18,20-21H,3,7,12H2,1H3. The summed E-state index contributed by atoms with van der Waals surface area (Å²) in [6.45, 7) is 2.02. The van der Waals surface area contributed by atoms with Gasteiger partial charge >= 0.3 is 0 Å². The van der Waals surface area contributed by atoms with Gasteiger partial charge in [-0.2, -0.15) is 0 Å². The Morgan fingerprint density at radius 1 is 1.04 bits per heavy atom. The van der Waals surface area contributed by atoms with Crippen molar-refractivity contribution in [2.45, 2.75) is 32.3 Å². The molecule has 0 aromatic heterocycles. The number of hydrogen-bond acceptors (Lipinski definition) is 4. The van der Waals surface area contributed by atoms with E-state index in [9.17, 15) is 10.2 Å². The van der Waals surface area contributed by atoms with Gasteiger partial charge in [0.25, 0.3) is 0 Å². The molecule has 0 fully saturated rings. The number of aliphatic hydroxyl groups is 1. The minimum absolute atomic E-state index is 0.0120. The van der Waals surface area contributed by atoms with Gasteiger partial charge in [-0.05, 0) is 61.1 Å². The monoisotopic (exact) mass is 312 g/mol. The molecule has 120 valence electrons. The number of benzene rings is 1. The van der Waals surface area contributed by atoms with E-state index in [1.54, 1.807) is 30.3 Å². The first kappa shape index (κ1) is 15.3. The molecule has 0 heterocycles. The fraction of sp³-hybridized carbons (Fsp3) is 0.263. The van der Waals surface area contributed by atoms with Crippen LogP contribution in [0.4, 0.5) is 0 Å². The zero-order valence-electron chi connectivity index (χ0n) is 13.0. The van der Waals surface area contributed by atoms with E-state index < -0.39 is 0 Å². The van der Waals surface area contributed by atoms with E-state index in [1.165, 1.54) is 0 Å². The maximum atomic E-state index is 9.37. The van der Waals surface area contributed by atoms with Crippen molar-refractivity contribution in [3.63, 3.8) is 0 Å². The normalized spacial score (nSPS) is 20.8. The minimum atomic E-state index is -0.0120. The number of phenols is 1. The molecule has 0 spiro atoms. The molecule has 4 heteroatoms. The molecule has 23 heavy (non-hydrogen) atoms. The van der Waals surface area contributed by atoms with Crippen molar-refractivity contribution >= 4 is 0 Å². The van der Waals surface area contributed by atoms with Gasteiger partial charge in [0.1, 0.15) is 23.4 Å². The SMILES string of the molecule is CC1=C(Oc2ccc(O)cc2)C=CC(OC2=CC=C(O)CC2)C1. The van der Waals surface area contributed by atoms with Crippen molar-refractivity contribution < 1.29 is 19.7 Å². The summed E-state index contributed by atoms with van der Waals surface area (Å²) in [7, 11) is 0. The van der Waals surface area contributed by atoms with Gasteiger partial charge in [-0.3, -0.25) is 0 Å². The summed E-state index contributed by atoms with van der Waals surface area (Å²) >= 11 is 0. The molecule has 0 saturated heterocycles. The van der Waals surface area contributed by atoms with Crippen LogP contribution in [0.25, 0.3) is 0 Å². The number of rotatable bonds is 4. The van der Waals surface area contributed by atoms with E-state index in [0.29, 0.717) is 17.9 Å². The molecule has 1 unspecified atom stereocenters. The summed E-state index contributed by atoms with van der Waals surface area (Å²) in [5, 5.41) is 18.7. The molecule has 2 N–H and O–H groups in total. The van der Waals surface area contributed by atoms with Gasteiger partial charge in [-0.15, -0.1) is 0 Å². The van der Waals surface area contributed by atoms with Crippen LogP contribution in [-0.4, -0.2) is 16.3 Å². The lowest BCUT2D eigenvalue weighted by Gasteiger charge is -2.24. The molecule has 0 bridgehead atoms. The predicted octanol–water partition coefficient (Wildman–Crippen LogP) is 4.51.